The minimum atomic E-state index is -0.130. The first-order valence-electron chi connectivity index (χ1n) is 5.41. The third-order valence-electron chi connectivity index (χ3n) is 2.26. The molecule has 1 unspecified atom stereocenters. The highest BCUT2D eigenvalue weighted by Gasteiger charge is 2.12. The largest absolute Gasteiger partial charge is 0.349 e. The van der Waals surface area contributed by atoms with E-state index in [-0.39, 0.29) is 11.3 Å². The summed E-state index contributed by atoms with van der Waals surface area (Å²) in [6.45, 7) is 4.71. The van der Waals surface area contributed by atoms with E-state index >= 15 is 0 Å². The fourth-order valence-electron chi connectivity index (χ4n) is 1.49. The molecule has 1 aromatic rings. The maximum atomic E-state index is 11.7. The first kappa shape index (κ1) is 13.0. The predicted molar refractivity (Wildman–Crippen MR) is 64.6 cm³/mol. The van der Waals surface area contributed by atoms with Crippen molar-refractivity contribution in [1.29, 1.82) is 0 Å². The smallest absolute Gasteiger partial charge is 0.269 e. The molecule has 4 nitrogen and oxygen atoms in total. The Morgan fingerprint density at radius 3 is 2.81 bits per heavy atom. The number of nitrogens with zero attached hydrogens (tertiary/aromatic N) is 2. The number of nitrogens with one attached hydrogen (secondary N) is 1. The van der Waals surface area contributed by atoms with Crippen LogP contribution in [-0.4, -0.2) is 27.6 Å². The molecular weight excluding hydrogens is 226 g/mol. The summed E-state index contributed by atoms with van der Waals surface area (Å²) in [6, 6.07) is 1.68. The predicted octanol–water partition coefficient (Wildman–Crippen LogP) is 1.80. The summed E-state index contributed by atoms with van der Waals surface area (Å²) in [4.78, 5) is 11.7. The van der Waals surface area contributed by atoms with Crippen molar-refractivity contribution in [2.24, 2.45) is 13.0 Å². The van der Waals surface area contributed by atoms with Gasteiger partial charge in [-0.2, -0.15) is 5.10 Å². The topological polar surface area (TPSA) is 46.9 Å². The molecule has 0 aromatic carbocycles. The first-order chi connectivity index (χ1) is 7.50. The second kappa shape index (κ2) is 5.89. The fourth-order valence-corrected chi connectivity index (χ4v) is 1.92. The van der Waals surface area contributed by atoms with E-state index in [4.69, 9.17) is 11.6 Å². The molecule has 1 atom stereocenters. The van der Waals surface area contributed by atoms with Crippen molar-refractivity contribution >= 4 is 17.5 Å². The molecule has 0 aliphatic heterocycles. The molecule has 1 aromatic heterocycles. The van der Waals surface area contributed by atoms with Crippen molar-refractivity contribution < 1.29 is 4.79 Å². The molecular formula is C11H18ClN3O. The van der Waals surface area contributed by atoms with Crippen LogP contribution in [0.2, 0.25) is 0 Å². The standard InChI is InChI=1S/C11H18ClN3O/c1-8(2)6-9(12)7-13-11(16)10-4-5-14-15(10)3/h4-5,8-9H,6-7H2,1-3H3,(H,13,16). The Balaban J connectivity index is 2.39. The maximum Gasteiger partial charge on any atom is 0.269 e. The number of amides is 1. The lowest BCUT2D eigenvalue weighted by Gasteiger charge is -2.12. The van der Waals surface area contributed by atoms with Crippen LogP contribution < -0.4 is 5.32 Å². The van der Waals surface area contributed by atoms with Gasteiger partial charge in [-0.1, -0.05) is 13.8 Å². The van der Waals surface area contributed by atoms with Crippen molar-refractivity contribution in [3.8, 4) is 0 Å². The van der Waals surface area contributed by atoms with Crippen LogP contribution in [0.15, 0.2) is 12.3 Å². The van der Waals surface area contributed by atoms with Gasteiger partial charge in [-0.15, -0.1) is 11.6 Å². The van der Waals surface area contributed by atoms with Crippen LogP contribution >= 0.6 is 11.6 Å². The molecule has 0 fully saturated rings. The minimum absolute atomic E-state index is 0.0165. The molecule has 0 bridgehead atoms. The molecule has 0 aliphatic carbocycles. The molecule has 16 heavy (non-hydrogen) atoms. The number of hydrogen-bond donors (Lipinski definition) is 1. The van der Waals surface area contributed by atoms with Gasteiger partial charge >= 0.3 is 0 Å². The molecule has 1 amide bonds. The molecule has 0 aliphatic rings. The summed E-state index contributed by atoms with van der Waals surface area (Å²) >= 11 is 6.08. The quantitative estimate of drug-likeness (QED) is 0.802. The van der Waals surface area contributed by atoms with Crippen molar-refractivity contribution in [1.82, 2.24) is 15.1 Å². The molecule has 5 heteroatoms. The Kier molecular flexibility index (Phi) is 4.80. The number of alkyl halides is 1. The zero-order valence-corrected chi connectivity index (χ0v) is 10.7. The van der Waals surface area contributed by atoms with E-state index in [1.807, 2.05) is 0 Å². The van der Waals surface area contributed by atoms with E-state index in [0.717, 1.165) is 6.42 Å². The average Bonchev–Trinajstić information content (AvgIpc) is 2.60. The van der Waals surface area contributed by atoms with Crippen LogP contribution in [0.1, 0.15) is 30.8 Å². The molecule has 1 N–H and O–H groups in total. The van der Waals surface area contributed by atoms with Gasteiger partial charge in [-0.25, -0.2) is 0 Å². The van der Waals surface area contributed by atoms with Gasteiger partial charge in [-0.05, 0) is 18.4 Å². The molecule has 0 saturated heterocycles. The van der Waals surface area contributed by atoms with E-state index in [0.29, 0.717) is 18.2 Å². The molecule has 90 valence electrons. The number of hydrogen-bond acceptors (Lipinski definition) is 2. The second-order valence-corrected chi connectivity index (χ2v) is 4.89. The normalized spacial score (nSPS) is 12.8. The third kappa shape index (κ3) is 3.85. The van der Waals surface area contributed by atoms with Crippen LogP contribution in [0.3, 0.4) is 0 Å². The summed E-state index contributed by atoms with van der Waals surface area (Å²) in [5.74, 6) is 0.408. The minimum Gasteiger partial charge on any atom is -0.349 e. The Morgan fingerprint density at radius 2 is 2.31 bits per heavy atom. The summed E-state index contributed by atoms with van der Waals surface area (Å²) in [6.07, 6.45) is 2.49. The van der Waals surface area contributed by atoms with Crippen LogP contribution in [-0.2, 0) is 7.05 Å². The van der Waals surface area contributed by atoms with Crippen LogP contribution in [0.4, 0.5) is 0 Å². The van der Waals surface area contributed by atoms with Crippen molar-refractivity contribution in [2.75, 3.05) is 6.54 Å². The number of rotatable bonds is 5. The van der Waals surface area contributed by atoms with Gasteiger partial charge in [0.05, 0.1) is 5.38 Å². The zero-order chi connectivity index (χ0) is 12.1. The fraction of sp³-hybridized carbons (Fsp3) is 0.636. The molecule has 0 saturated carbocycles. The molecule has 0 radical (unpaired) electrons. The third-order valence-corrected chi connectivity index (χ3v) is 2.60. The first-order valence-corrected chi connectivity index (χ1v) is 5.84. The van der Waals surface area contributed by atoms with E-state index in [2.05, 4.69) is 24.3 Å². The number of aromatic nitrogens is 2. The average molecular weight is 244 g/mol. The van der Waals surface area contributed by atoms with E-state index in [1.54, 1.807) is 24.0 Å². The van der Waals surface area contributed by atoms with Gasteiger partial charge in [0.25, 0.3) is 5.91 Å². The lowest BCUT2D eigenvalue weighted by molar-refractivity contribution is 0.0943. The van der Waals surface area contributed by atoms with Crippen LogP contribution in [0.5, 0.6) is 0 Å². The monoisotopic (exact) mass is 243 g/mol. The van der Waals surface area contributed by atoms with Crippen LogP contribution in [0, 0.1) is 5.92 Å². The van der Waals surface area contributed by atoms with Crippen molar-refractivity contribution in [2.45, 2.75) is 25.6 Å². The van der Waals surface area contributed by atoms with E-state index < -0.39 is 0 Å². The van der Waals surface area contributed by atoms with E-state index in [9.17, 15) is 4.79 Å². The van der Waals surface area contributed by atoms with E-state index in [1.165, 1.54) is 0 Å². The summed E-state index contributed by atoms with van der Waals surface area (Å²) in [5.41, 5.74) is 0.549. The lowest BCUT2D eigenvalue weighted by atomic mass is 10.1. The van der Waals surface area contributed by atoms with Crippen molar-refractivity contribution in [3.63, 3.8) is 0 Å². The summed E-state index contributed by atoms with van der Waals surface area (Å²) in [5, 5.41) is 6.72. The number of aryl methyl sites for hydroxylation is 1. The Morgan fingerprint density at radius 1 is 1.62 bits per heavy atom. The van der Waals surface area contributed by atoms with Gasteiger partial charge in [-0.3, -0.25) is 9.48 Å². The highest BCUT2D eigenvalue weighted by Crippen LogP contribution is 2.09. The zero-order valence-electron chi connectivity index (χ0n) is 9.90. The summed E-state index contributed by atoms with van der Waals surface area (Å²) < 4.78 is 1.54. The highest BCUT2D eigenvalue weighted by atomic mass is 35.5. The molecule has 1 rings (SSSR count). The number of halogens is 1. The van der Waals surface area contributed by atoms with Gasteiger partial charge in [0.2, 0.25) is 0 Å². The molecule has 1 heterocycles. The maximum absolute atomic E-state index is 11.7. The van der Waals surface area contributed by atoms with Gasteiger partial charge in [0.15, 0.2) is 0 Å². The Bertz CT molecular complexity index is 349. The lowest BCUT2D eigenvalue weighted by Crippen LogP contribution is -2.31. The van der Waals surface area contributed by atoms with Gasteiger partial charge in [0, 0.05) is 19.8 Å². The number of carbonyl (C=O) groups excluding carboxylic acids is 1. The second-order valence-electron chi connectivity index (χ2n) is 4.28. The highest BCUT2D eigenvalue weighted by molar-refractivity contribution is 6.20. The SMILES string of the molecule is CC(C)CC(Cl)CNC(=O)c1ccnn1C. The molecule has 0 spiro atoms. The van der Waals surface area contributed by atoms with Crippen molar-refractivity contribution in [3.05, 3.63) is 18.0 Å². The Hall–Kier alpha value is -1.03. The van der Waals surface area contributed by atoms with Gasteiger partial charge < -0.3 is 5.32 Å². The Labute approximate surface area is 101 Å². The number of carbonyl (C=O) groups is 1. The summed E-state index contributed by atoms with van der Waals surface area (Å²) in [7, 11) is 1.74. The van der Waals surface area contributed by atoms with Crippen LogP contribution in [0.25, 0.3) is 0 Å². The van der Waals surface area contributed by atoms with Gasteiger partial charge in [0.1, 0.15) is 5.69 Å².